The molecule has 12 nitrogen and oxygen atoms in total. The molecule has 1 aromatic carbocycles. The quantitative estimate of drug-likeness (QED) is 0.293. The molecule has 0 saturated carbocycles. The molecular weight excluding hydrogens is 546 g/mol. The van der Waals surface area contributed by atoms with Gasteiger partial charge in [0, 0.05) is 11.8 Å². The molecule has 0 bridgehead atoms. The minimum atomic E-state index is -4.31. The number of carbonyl (C=O) groups is 1. The van der Waals surface area contributed by atoms with E-state index < -0.39 is 59.7 Å². The number of aromatic nitrogens is 2. The number of carbonyl (C=O) groups excluding carboxylic acids is 1. The fourth-order valence-electron chi connectivity index (χ4n) is 4.25. The Kier molecular flexibility index (Phi) is 7.32. The molecule has 1 saturated heterocycles. The van der Waals surface area contributed by atoms with Crippen LogP contribution < -0.4 is 17.0 Å². The molecule has 4 rings (SSSR count). The predicted molar refractivity (Wildman–Crippen MR) is 144 cm³/mol. The molecule has 2 aliphatic heterocycles. The molecule has 1 fully saturated rings. The summed E-state index contributed by atoms with van der Waals surface area (Å²) in [6, 6.07) is 8.00. The number of aromatic amines is 1. The molecule has 0 amide bonds. The summed E-state index contributed by atoms with van der Waals surface area (Å²) in [6.45, 7) is 11.4. The lowest BCUT2D eigenvalue weighted by atomic mass is 9.89. The maximum atomic E-state index is 13.2. The van der Waals surface area contributed by atoms with Crippen molar-refractivity contribution >= 4 is 24.4 Å². The molecule has 1 spiro atoms. The monoisotopic (exact) mass is 579 g/mol. The largest absolute Gasteiger partial charge is 0.450 e. The van der Waals surface area contributed by atoms with E-state index in [1.54, 1.807) is 18.2 Å². The highest BCUT2D eigenvalue weighted by molar-refractivity contribution is 7.90. The number of nitrogens with zero attached hydrogens (tertiary/aromatic N) is 1. The Hall–Kier alpha value is -3.04. The van der Waals surface area contributed by atoms with E-state index in [0.29, 0.717) is 0 Å². The van der Waals surface area contributed by atoms with Crippen molar-refractivity contribution in [3.05, 3.63) is 79.6 Å². The topological polar surface area (TPSA) is 169 Å². The Morgan fingerprint density at radius 2 is 1.85 bits per heavy atom. The van der Waals surface area contributed by atoms with Crippen molar-refractivity contribution in [2.75, 3.05) is 6.61 Å². The molecule has 3 heterocycles. The van der Waals surface area contributed by atoms with Crippen molar-refractivity contribution in [1.29, 1.82) is 0 Å². The third-order valence-corrected chi connectivity index (χ3v) is 13.1. The maximum absolute atomic E-state index is 13.2. The number of hydrogen-bond donors (Lipinski definition) is 2. The van der Waals surface area contributed by atoms with Gasteiger partial charge in [0.15, 0.2) is 26.3 Å². The van der Waals surface area contributed by atoms with Crippen LogP contribution >= 0.6 is 0 Å². The van der Waals surface area contributed by atoms with Crippen molar-refractivity contribution in [3.8, 4) is 0 Å². The van der Waals surface area contributed by atoms with Gasteiger partial charge in [0.05, 0.1) is 23.3 Å². The Bertz CT molecular complexity index is 1530. The van der Waals surface area contributed by atoms with E-state index in [9.17, 15) is 22.8 Å². The highest BCUT2D eigenvalue weighted by Crippen LogP contribution is 2.49. The molecule has 2 aliphatic rings. The van der Waals surface area contributed by atoms with E-state index >= 15 is 0 Å². The number of H-pyrrole nitrogens is 1. The lowest BCUT2D eigenvalue weighted by Gasteiger charge is -2.39. The maximum Gasteiger partial charge on any atom is 0.338 e. The summed E-state index contributed by atoms with van der Waals surface area (Å²) >= 11 is 0. The zero-order chi connectivity index (χ0) is 29.0. The Balaban J connectivity index is 1.86. The SMILES string of the molecule is Cc1cn([C@@H]2O[C@H](CO[Si](C)(C)C(C)(C)C)C3(OS(=O)(=O)C=C3N)[C@H]2OC(=O)c2ccccc2)c(=O)[nH]c1=O. The number of aryl methyl sites for hydroxylation is 1. The van der Waals surface area contributed by atoms with Crippen LogP contribution in [0.2, 0.25) is 18.1 Å². The van der Waals surface area contributed by atoms with Crippen LogP contribution in [0.4, 0.5) is 0 Å². The zero-order valence-electron chi connectivity index (χ0n) is 22.6. The number of esters is 1. The summed E-state index contributed by atoms with van der Waals surface area (Å²) < 4.78 is 50.4. The van der Waals surface area contributed by atoms with Crippen molar-refractivity contribution in [1.82, 2.24) is 9.55 Å². The standard InChI is InChI=1S/C25H33N3O9SSi/c1-15-12-28(23(31)27-20(15)29)21-19(36-22(30)16-10-8-7-9-11-16)25(17(26)14-38(32,33)37-25)18(35-21)13-34-39(5,6)24(2,3)4/h7-12,14,18-19,21H,13,26H2,1-6H3,(H,27,29,31)/t18-,19+,21-,25?/m1/s1. The van der Waals surface area contributed by atoms with Crippen LogP contribution in [0.3, 0.4) is 0 Å². The number of nitrogens with two attached hydrogens (primary N) is 1. The van der Waals surface area contributed by atoms with Crippen molar-refractivity contribution in [2.45, 2.75) is 69.9 Å². The first-order valence-corrected chi connectivity index (χ1v) is 16.7. The summed E-state index contributed by atoms with van der Waals surface area (Å²) in [5.74, 6) is -0.825. The second-order valence-electron chi connectivity index (χ2n) is 11.2. The Morgan fingerprint density at radius 1 is 1.21 bits per heavy atom. The van der Waals surface area contributed by atoms with Gasteiger partial charge in [-0.25, -0.2) is 13.8 Å². The van der Waals surface area contributed by atoms with Gasteiger partial charge in [-0.1, -0.05) is 39.0 Å². The number of nitrogens with one attached hydrogen (secondary N) is 1. The molecule has 0 radical (unpaired) electrons. The molecule has 2 aromatic rings. The molecule has 39 heavy (non-hydrogen) atoms. The molecule has 4 atom stereocenters. The van der Waals surface area contributed by atoms with Gasteiger partial charge in [0.25, 0.3) is 15.7 Å². The molecular formula is C25H33N3O9SSi. The van der Waals surface area contributed by atoms with E-state index in [4.69, 9.17) is 23.8 Å². The van der Waals surface area contributed by atoms with E-state index in [1.807, 2.05) is 33.9 Å². The molecule has 1 aromatic heterocycles. The number of rotatable bonds is 6. The first-order chi connectivity index (χ1) is 18.0. The summed E-state index contributed by atoms with van der Waals surface area (Å²) in [4.78, 5) is 40.4. The Labute approximate surface area is 227 Å². The van der Waals surface area contributed by atoms with Gasteiger partial charge in [0.2, 0.25) is 0 Å². The molecule has 14 heteroatoms. The average Bonchev–Trinajstić information content (AvgIpc) is 3.26. The zero-order valence-corrected chi connectivity index (χ0v) is 24.4. The predicted octanol–water partition coefficient (Wildman–Crippen LogP) is 1.89. The van der Waals surface area contributed by atoms with E-state index in [-0.39, 0.29) is 28.5 Å². The van der Waals surface area contributed by atoms with Crippen LogP contribution in [-0.4, -0.2) is 56.7 Å². The third-order valence-electron chi connectivity index (χ3n) is 7.51. The number of ether oxygens (including phenoxy) is 2. The molecule has 3 N–H and O–H groups in total. The minimum absolute atomic E-state index is 0.167. The van der Waals surface area contributed by atoms with Crippen LogP contribution in [0.15, 0.2) is 57.2 Å². The highest BCUT2D eigenvalue weighted by Gasteiger charge is 2.67. The van der Waals surface area contributed by atoms with Gasteiger partial charge in [-0.3, -0.25) is 14.3 Å². The van der Waals surface area contributed by atoms with Crippen molar-refractivity contribution < 1.29 is 31.3 Å². The first kappa shape index (κ1) is 29.0. The molecule has 0 aliphatic carbocycles. The second kappa shape index (κ2) is 9.85. The summed E-state index contributed by atoms with van der Waals surface area (Å²) in [6.07, 6.45) is -2.95. The molecule has 212 valence electrons. The van der Waals surface area contributed by atoms with Crippen LogP contribution in [-0.2, 0) is 28.2 Å². The van der Waals surface area contributed by atoms with Crippen LogP contribution in [0.1, 0.15) is 42.9 Å². The Morgan fingerprint density at radius 3 is 2.41 bits per heavy atom. The fraction of sp³-hybridized carbons (Fsp3) is 0.480. The van der Waals surface area contributed by atoms with Gasteiger partial charge < -0.3 is 19.6 Å². The molecule has 1 unspecified atom stereocenters. The smallest absolute Gasteiger partial charge is 0.338 e. The van der Waals surface area contributed by atoms with Gasteiger partial charge in [-0.2, -0.15) is 8.42 Å². The number of hydrogen-bond acceptors (Lipinski definition) is 10. The fourth-order valence-corrected chi connectivity index (χ4v) is 6.48. The second-order valence-corrected chi connectivity index (χ2v) is 17.4. The van der Waals surface area contributed by atoms with E-state index in [2.05, 4.69) is 4.98 Å². The van der Waals surface area contributed by atoms with Crippen LogP contribution in [0.25, 0.3) is 0 Å². The van der Waals surface area contributed by atoms with Gasteiger partial charge >= 0.3 is 11.7 Å². The van der Waals surface area contributed by atoms with E-state index in [0.717, 1.165) is 9.98 Å². The lowest BCUT2D eigenvalue weighted by molar-refractivity contribution is -0.0593. The number of benzene rings is 1. The lowest BCUT2D eigenvalue weighted by Crippen LogP contribution is -2.56. The van der Waals surface area contributed by atoms with Crippen LogP contribution in [0, 0.1) is 6.92 Å². The summed E-state index contributed by atoms with van der Waals surface area (Å²) in [5, 5.41) is 0.538. The van der Waals surface area contributed by atoms with E-state index in [1.165, 1.54) is 25.3 Å². The normalized spacial score (nSPS) is 26.5. The first-order valence-electron chi connectivity index (χ1n) is 12.3. The minimum Gasteiger partial charge on any atom is -0.450 e. The summed E-state index contributed by atoms with van der Waals surface area (Å²) in [7, 11) is -6.72. The van der Waals surface area contributed by atoms with Crippen molar-refractivity contribution in [3.63, 3.8) is 0 Å². The summed E-state index contributed by atoms with van der Waals surface area (Å²) in [5.41, 5.74) is 2.85. The van der Waals surface area contributed by atoms with Crippen LogP contribution in [0.5, 0.6) is 0 Å². The third kappa shape index (κ3) is 5.26. The van der Waals surface area contributed by atoms with Gasteiger partial charge in [0.1, 0.15) is 6.10 Å². The van der Waals surface area contributed by atoms with Gasteiger partial charge in [-0.05, 0) is 37.2 Å². The van der Waals surface area contributed by atoms with Gasteiger partial charge in [-0.15, -0.1) is 0 Å². The highest BCUT2D eigenvalue weighted by atomic mass is 32.2. The average molecular weight is 580 g/mol. The van der Waals surface area contributed by atoms with Crippen molar-refractivity contribution in [2.24, 2.45) is 5.73 Å².